The lowest BCUT2D eigenvalue weighted by molar-refractivity contribution is 0.0409. The van der Waals surface area contributed by atoms with Gasteiger partial charge in [-0.15, -0.1) is 0 Å². The summed E-state index contributed by atoms with van der Waals surface area (Å²) in [6.45, 7) is 11.6. The number of hydrogen-bond acceptors (Lipinski definition) is 3. The summed E-state index contributed by atoms with van der Waals surface area (Å²) in [5.74, 6) is 0. The molecule has 1 aromatic heterocycles. The van der Waals surface area contributed by atoms with E-state index in [1.807, 2.05) is 17.7 Å². The fraction of sp³-hybridized carbons (Fsp3) is 0.769. The monoisotopic (exact) mass is 239 g/mol. The van der Waals surface area contributed by atoms with Crippen LogP contribution in [0.2, 0.25) is 0 Å². The van der Waals surface area contributed by atoms with E-state index in [1.165, 1.54) is 0 Å². The third-order valence-corrected chi connectivity index (χ3v) is 2.67. The summed E-state index contributed by atoms with van der Waals surface area (Å²) in [6.07, 6.45) is 2.76. The molecule has 0 bridgehead atoms. The lowest BCUT2D eigenvalue weighted by Gasteiger charge is -2.30. The molecule has 1 atom stereocenters. The number of rotatable bonds is 5. The number of aliphatic hydroxyl groups is 1. The van der Waals surface area contributed by atoms with Gasteiger partial charge in [0.1, 0.15) is 5.60 Å². The maximum Gasteiger partial charge on any atom is 0.116 e. The molecular formula is C13H25N3O. The maximum atomic E-state index is 10.5. The van der Waals surface area contributed by atoms with Gasteiger partial charge in [0, 0.05) is 24.8 Å². The van der Waals surface area contributed by atoms with Crippen molar-refractivity contribution < 1.29 is 5.11 Å². The van der Waals surface area contributed by atoms with E-state index in [2.05, 4.69) is 38.1 Å². The SMILES string of the molecule is CCCn1nccc1C(C)(O)CNC(C)(C)C. The molecule has 1 heterocycles. The van der Waals surface area contributed by atoms with Crippen LogP contribution in [0.5, 0.6) is 0 Å². The fourth-order valence-corrected chi connectivity index (χ4v) is 1.71. The van der Waals surface area contributed by atoms with Crippen molar-refractivity contribution >= 4 is 0 Å². The average Bonchev–Trinajstić information content (AvgIpc) is 2.63. The highest BCUT2D eigenvalue weighted by molar-refractivity contribution is 5.11. The van der Waals surface area contributed by atoms with Crippen LogP contribution in [0, 0.1) is 0 Å². The van der Waals surface area contributed by atoms with Crippen LogP contribution in [0.4, 0.5) is 0 Å². The normalized spacial score (nSPS) is 15.9. The zero-order chi connectivity index (χ0) is 13.1. The Morgan fingerprint density at radius 1 is 1.35 bits per heavy atom. The molecule has 4 nitrogen and oxygen atoms in total. The number of nitrogens with zero attached hydrogens (tertiary/aromatic N) is 2. The van der Waals surface area contributed by atoms with Gasteiger partial charge in [-0.2, -0.15) is 5.10 Å². The molecule has 0 saturated heterocycles. The average molecular weight is 239 g/mol. The zero-order valence-electron chi connectivity index (χ0n) is 11.6. The van der Waals surface area contributed by atoms with Gasteiger partial charge in [0.05, 0.1) is 5.69 Å². The number of hydrogen-bond donors (Lipinski definition) is 2. The molecule has 0 aromatic carbocycles. The van der Waals surface area contributed by atoms with Crippen molar-refractivity contribution in [3.63, 3.8) is 0 Å². The zero-order valence-corrected chi connectivity index (χ0v) is 11.6. The highest BCUT2D eigenvalue weighted by Gasteiger charge is 2.28. The van der Waals surface area contributed by atoms with Gasteiger partial charge in [-0.3, -0.25) is 4.68 Å². The first-order valence-electron chi connectivity index (χ1n) is 6.26. The van der Waals surface area contributed by atoms with Crippen molar-refractivity contribution in [3.8, 4) is 0 Å². The third-order valence-electron chi connectivity index (χ3n) is 2.67. The van der Waals surface area contributed by atoms with Crippen LogP contribution >= 0.6 is 0 Å². The minimum atomic E-state index is -0.890. The molecule has 4 heteroatoms. The Bertz CT molecular complexity index is 350. The Hall–Kier alpha value is -0.870. The highest BCUT2D eigenvalue weighted by atomic mass is 16.3. The molecule has 2 N–H and O–H groups in total. The van der Waals surface area contributed by atoms with Crippen molar-refractivity contribution in [2.45, 2.75) is 58.7 Å². The van der Waals surface area contributed by atoms with E-state index < -0.39 is 5.60 Å². The van der Waals surface area contributed by atoms with Crippen molar-refractivity contribution in [2.75, 3.05) is 6.54 Å². The van der Waals surface area contributed by atoms with E-state index in [-0.39, 0.29) is 5.54 Å². The second kappa shape index (κ2) is 5.19. The van der Waals surface area contributed by atoms with Gasteiger partial charge in [-0.25, -0.2) is 0 Å². The van der Waals surface area contributed by atoms with Crippen molar-refractivity contribution in [1.29, 1.82) is 0 Å². The van der Waals surface area contributed by atoms with Crippen molar-refractivity contribution in [2.24, 2.45) is 0 Å². The Morgan fingerprint density at radius 2 is 2.00 bits per heavy atom. The lowest BCUT2D eigenvalue weighted by Crippen LogP contribution is -2.45. The fourth-order valence-electron chi connectivity index (χ4n) is 1.71. The summed E-state index contributed by atoms with van der Waals surface area (Å²) >= 11 is 0. The highest BCUT2D eigenvalue weighted by Crippen LogP contribution is 2.20. The van der Waals surface area contributed by atoms with E-state index >= 15 is 0 Å². The van der Waals surface area contributed by atoms with Gasteiger partial charge >= 0.3 is 0 Å². The predicted molar refractivity (Wildman–Crippen MR) is 69.8 cm³/mol. The molecule has 0 fully saturated rings. The standard InChI is InChI=1S/C13H25N3O/c1-6-9-16-11(7-8-15-16)13(5,17)10-14-12(2,3)4/h7-8,14,17H,6,9-10H2,1-5H3. The van der Waals surface area contributed by atoms with Crippen LogP contribution in [-0.2, 0) is 12.1 Å². The van der Waals surface area contributed by atoms with Gasteiger partial charge in [0.2, 0.25) is 0 Å². The molecule has 1 rings (SSSR count). The molecule has 0 aliphatic rings. The van der Waals surface area contributed by atoms with E-state index in [9.17, 15) is 5.11 Å². The minimum Gasteiger partial charge on any atom is -0.383 e. The third kappa shape index (κ3) is 4.13. The summed E-state index contributed by atoms with van der Waals surface area (Å²) < 4.78 is 1.88. The molecule has 0 amide bonds. The first-order valence-corrected chi connectivity index (χ1v) is 6.26. The quantitative estimate of drug-likeness (QED) is 0.825. The first kappa shape index (κ1) is 14.2. The van der Waals surface area contributed by atoms with Crippen molar-refractivity contribution in [1.82, 2.24) is 15.1 Å². The molecule has 1 unspecified atom stereocenters. The van der Waals surface area contributed by atoms with E-state index in [0.29, 0.717) is 6.54 Å². The van der Waals surface area contributed by atoms with Crippen LogP contribution in [0.15, 0.2) is 12.3 Å². The summed E-state index contributed by atoms with van der Waals surface area (Å²) in [7, 11) is 0. The topological polar surface area (TPSA) is 50.1 Å². The summed E-state index contributed by atoms with van der Waals surface area (Å²) in [4.78, 5) is 0. The Labute approximate surface area is 104 Å². The molecule has 0 spiro atoms. The largest absolute Gasteiger partial charge is 0.383 e. The number of nitrogens with one attached hydrogen (secondary N) is 1. The van der Waals surface area contributed by atoms with E-state index in [1.54, 1.807) is 6.20 Å². The Kier molecular flexibility index (Phi) is 4.33. The van der Waals surface area contributed by atoms with E-state index in [4.69, 9.17) is 0 Å². The molecule has 0 saturated carbocycles. The van der Waals surface area contributed by atoms with Gasteiger partial charge in [0.25, 0.3) is 0 Å². The second-order valence-corrected chi connectivity index (χ2v) is 5.82. The van der Waals surface area contributed by atoms with Gasteiger partial charge in [-0.1, -0.05) is 6.92 Å². The van der Waals surface area contributed by atoms with E-state index in [0.717, 1.165) is 18.7 Å². The number of aromatic nitrogens is 2. The van der Waals surface area contributed by atoms with Crippen molar-refractivity contribution in [3.05, 3.63) is 18.0 Å². The van der Waals surface area contributed by atoms with Gasteiger partial charge < -0.3 is 10.4 Å². The van der Waals surface area contributed by atoms with Crippen LogP contribution in [-0.4, -0.2) is 27.0 Å². The smallest absolute Gasteiger partial charge is 0.116 e. The summed E-state index contributed by atoms with van der Waals surface area (Å²) in [5.41, 5.74) is -0.0189. The van der Waals surface area contributed by atoms with Crippen LogP contribution in [0.3, 0.4) is 0 Å². The molecular weight excluding hydrogens is 214 g/mol. The molecule has 0 aliphatic carbocycles. The molecule has 0 aliphatic heterocycles. The lowest BCUT2D eigenvalue weighted by atomic mass is 10.00. The minimum absolute atomic E-state index is 0.000399. The maximum absolute atomic E-state index is 10.5. The first-order chi connectivity index (χ1) is 7.76. The van der Waals surface area contributed by atoms with Gasteiger partial charge in [-0.05, 0) is 40.2 Å². The molecule has 1 aromatic rings. The molecule has 17 heavy (non-hydrogen) atoms. The van der Waals surface area contributed by atoms with Gasteiger partial charge in [0.15, 0.2) is 0 Å². The predicted octanol–water partition coefficient (Wildman–Crippen LogP) is 1.89. The summed E-state index contributed by atoms with van der Waals surface area (Å²) in [6, 6.07) is 1.89. The molecule has 98 valence electrons. The Morgan fingerprint density at radius 3 is 2.53 bits per heavy atom. The van der Waals surface area contributed by atoms with Crippen LogP contribution in [0.1, 0.15) is 46.7 Å². The number of aryl methyl sites for hydroxylation is 1. The summed E-state index contributed by atoms with van der Waals surface area (Å²) in [5, 5.41) is 18.1. The number of β-amino-alcohol motifs (C(OH)–C–C–N with tert-alkyl or cyclic N) is 1. The molecule has 0 radical (unpaired) electrons. The van der Waals surface area contributed by atoms with Crippen LogP contribution in [0.25, 0.3) is 0 Å². The van der Waals surface area contributed by atoms with Crippen LogP contribution < -0.4 is 5.32 Å². The Balaban J connectivity index is 2.77. The second-order valence-electron chi connectivity index (χ2n) is 5.82.